The van der Waals surface area contributed by atoms with E-state index in [1.165, 1.54) is 12.1 Å². The molecule has 0 atom stereocenters. The summed E-state index contributed by atoms with van der Waals surface area (Å²) in [5.41, 5.74) is 2.09. The van der Waals surface area contributed by atoms with E-state index in [1.807, 2.05) is 30.5 Å². The SMILES string of the molecule is O=C(CSc1nnc(-c2c[nH]c3ccccc23)o1)Nc1c(Cl)cc(Cl)cc1Cl. The number of para-hydroxylation sites is 1. The van der Waals surface area contributed by atoms with Crippen molar-refractivity contribution in [1.29, 1.82) is 0 Å². The van der Waals surface area contributed by atoms with E-state index in [2.05, 4.69) is 20.5 Å². The van der Waals surface area contributed by atoms with E-state index in [1.54, 1.807) is 0 Å². The molecule has 6 nitrogen and oxygen atoms in total. The van der Waals surface area contributed by atoms with Crippen LogP contribution < -0.4 is 5.32 Å². The van der Waals surface area contributed by atoms with E-state index in [-0.39, 0.29) is 26.9 Å². The Kier molecular flexibility index (Phi) is 5.50. The fourth-order valence-electron chi connectivity index (χ4n) is 2.59. The van der Waals surface area contributed by atoms with Crippen molar-refractivity contribution in [2.45, 2.75) is 5.22 Å². The van der Waals surface area contributed by atoms with Crippen molar-refractivity contribution in [3.8, 4) is 11.5 Å². The average Bonchev–Trinajstić information content (AvgIpc) is 3.29. The molecule has 0 aliphatic carbocycles. The second-order valence-corrected chi connectivity index (χ2v) is 7.88. The summed E-state index contributed by atoms with van der Waals surface area (Å²) in [4.78, 5) is 15.4. The van der Waals surface area contributed by atoms with Gasteiger partial charge in [0.15, 0.2) is 0 Å². The molecule has 2 N–H and O–H groups in total. The third-order valence-corrected chi connectivity index (χ3v) is 5.46. The number of anilines is 1. The highest BCUT2D eigenvalue weighted by molar-refractivity contribution is 7.99. The first kappa shape index (κ1) is 19.1. The quantitative estimate of drug-likeness (QED) is 0.367. The van der Waals surface area contributed by atoms with Crippen molar-refractivity contribution in [2.75, 3.05) is 11.1 Å². The van der Waals surface area contributed by atoms with E-state index >= 15 is 0 Å². The third kappa shape index (κ3) is 3.98. The number of aromatic amines is 1. The highest BCUT2D eigenvalue weighted by Gasteiger charge is 2.16. The lowest BCUT2D eigenvalue weighted by molar-refractivity contribution is -0.113. The molecule has 4 rings (SSSR count). The lowest BCUT2D eigenvalue weighted by atomic mass is 10.2. The summed E-state index contributed by atoms with van der Waals surface area (Å²) in [5, 5.41) is 12.9. The molecule has 0 aliphatic heterocycles. The molecule has 0 fully saturated rings. The van der Waals surface area contributed by atoms with Gasteiger partial charge in [-0.05, 0) is 18.2 Å². The van der Waals surface area contributed by atoms with Gasteiger partial charge in [-0.1, -0.05) is 64.8 Å². The van der Waals surface area contributed by atoms with Crippen LogP contribution in [0.2, 0.25) is 15.1 Å². The number of nitrogens with one attached hydrogen (secondary N) is 2. The number of thioether (sulfide) groups is 1. The molecule has 4 aromatic rings. The van der Waals surface area contributed by atoms with Crippen molar-refractivity contribution in [1.82, 2.24) is 15.2 Å². The first-order valence-corrected chi connectivity index (χ1v) is 10.1. The Labute approximate surface area is 178 Å². The molecule has 0 radical (unpaired) electrons. The van der Waals surface area contributed by atoms with E-state index in [0.29, 0.717) is 16.6 Å². The summed E-state index contributed by atoms with van der Waals surface area (Å²) in [6, 6.07) is 10.8. The fourth-order valence-corrected chi connectivity index (χ4v) is 4.06. The molecule has 2 heterocycles. The zero-order valence-electron chi connectivity index (χ0n) is 14.0. The van der Waals surface area contributed by atoms with E-state index in [4.69, 9.17) is 39.2 Å². The number of carbonyl (C=O) groups excluding carboxylic acids is 1. The molecule has 0 saturated carbocycles. The number of rotatable bonds is 5. The molecule has 0 aliphatic rings. The minimum atomic E-state index is -0.317. The normalized spacial score (nSPS) is 11.1. The van der Waals surface area contributed by atoms with Crippen LogP contribution in [0.4, 0.5) is 5.69 Å². The number of carbonyl (C=O) groups is 1. The van der Waals surface area contributed by atoms with Crippen molar-refractivity contribution in [3.63, 3.8) is 0 Å². The third-order valence-electron chi connectivity index (χ3n) is 3.82. The molecule has 28 heavy (non-hydrogen) atoms. The summed E-state index contributed by atoms with van der Waals surface area (Å²) in [7, 11) is 0. The number of H-pyrrole nitrogens is 1. The van der Waals surface area contributed by atoms with Crippen LogP contribution >= 0.6 is 46.6 Å². The van der Waals surface area contributed by atoms with Gasteiger partial charge in [0.1, 0.15) is 0 Å². The van der Waals surface area contributed by atoms with Crippen LogP contribution in [0.1, 0.15) is 0 Å². The van der Waals surface area contributed by atoms with Gasteiger partial charge in [0, 0.05) is 22.1 Å². The van der Waals surface area contributed by atoms with Crippen LogP contribution in [-0.4, -0.2) is 26.8 Å². The summed E-state index contributed by atoms with van der Waals surface area (Å²) in [5.74, 6) is 0.109. The van der Waals surface area contributed by atoms with Crippen LogP contribution in [-0.2, 0) is 4.79 Å². The van der Waals surface area contributed by atoms with Crippen LogP contribution in [0.3, 0.4) is 0 Å². The predicted octanol–water partition coefficient (Wildman–Crippen LogP) is 5.91. The summed E-state index contributed by atoms with van der Waals surface area (Å²) in [6.07, 6.45) is 1.81. The topological polar surface area (TPSA) is 83.8 Å². The average molecular weight is 454 g/mol. The van der Waals surface area contributed by atoms with Gasteiger partial charge in [-0.25, -0.2) is 0 Å². The number of halogens is 3. The van der Waals surface area contributed by atoms with Crippen molar-refractivity contribution in [3.05, 3.63) is 57.7 Å². The highest BCUT2D eigenvalue weighted by Crippen LogP contribution is 2.34. The molecule has 0 unspecified atom stereocenters. The molecule has 0 bridgehead atoms. The zero-order valence-corrected chi connectivity index (χ0v) is 17.1. The first-order valence-electron chi connectivity index (χ1n) is 7.98. The van der Waals surface area contributed by atoms with Gasteiger partial charge in [0.05, 0.1) is 27.0 Å². The van der Waals surface area contributed by atoms with Gasteiger partial charge in [0.25, 0.3) is 11.1 Å². The number of nitrogens with zero attached hydrogens (tertiary/aromatic N) is 2. The van der Waals surface area contributed by atoms with Crippen molar-refractivity contribution in [2.24, 2.45) is 0 Å². The summed E-state index contributed by atoms with van der Waals surface area (Å²) >= 11 is 19.1. The molecule has 0 saturated heterocycles. The first-order chi connectivity index (χ1) is 13.5. The summed E-state index contributed by atoms with van der Waals surface area (Å²) in [6.45, 7) is 0. The van der Waals surface area contributed by atoms with Crippen LogP contribution in [0.5, 0.6) is 0 Å². The molecule has 142 valence electrons. The van der Waals surface area contributed by atoms with E-state index in [9.17, 15) is 4.79 Å². The van der Waals surface area contributed by atoms with Gasteiger partial charge in [-0.15, -0.1) is 10.2 Å². The minimum Gasteiger partial charge on any atom is -0.411 e. The van der Waals surface area contributed by atoms with Crippen LogP contribution in [0, 0.1) is 0 Å². The number of aromatic nitrogens is 3. The Bertz CT molecular complexity index is 1150. The Hall–Kier alpha value is -2.19. The molecule has 1 amide bonds. The standard InChI is InChI=1S/C18H11Cl3N4O2S/c19-9-5-12(20)16(13(21)6-9)23-15(26)8-28-18-25-24-17(27-18)11-7-22-14-4-2-1-3-10(11)14/h1-7,22H,8H2,(H,23,26). The Balaban J connectivity index is 1.43. The van der Waals surface area contributed by atoms with Gasteiger partial charge in [-0.3, -0.25) is 4.79 Å². The molecular weight excluding hydrogens is 443 g/mol. The maximum Gasteiger partial charge on any atom is 0.277 e. The smallest absolute Gasteiger partial charge is 0.277 e. The van der Waals surface area contributed by atoms with Crippen LogP contribution in [0.15, 0.2) is 52.2 Å². The van der Waals surface area contributed by atoms with Crippen molar-refractivity contribution < 1.29 is 9.21 Å². The predicted molar refractivity (Wildman–Crippen MR) is 112 cm³/mol. The molecule has 10 heteroatoms. The monoisotopic (exact) mass is 452 g/mol. The Morgan fingerprint density at radius 2 is 1.89 bits per heavy atom. The number of fused-ring (bicyclic) bond motifs is 1. The minimum absolute atomic E-state index is 0.0464. The Morgan fingerprint density at radius 1 is 1.14 bits per heavy atom. The second kappa shape index (κ2) is 8.05. The lowest BCUT2D eigenvalue weighted by Gasteiger charge is -2.09. The summed E-state index contributed by atoms with van der Waals surface area (Å²) < 4.78 is 5.67. The van der Waals surface area contributed by atoms with Crippen LogP contribution in [0.25, 0.3) is 22.4 Å². The largest absolute Gasteiger partial charge is 0.411 e. The van der Waals surface area contributed by atoms with E-state index in [0.717, 1.165) is 28.2 Å². The molecule has 0 spiro atoms. The van der Waals surface area contributed by atoms with Gasteiger partial charge < -0.3 is 14.7 Å². The zero-order chi connectivity index (χ0) is 19.7. The van der Waals surface area contributed by atoms with Gasteiger partial charge >= 0.3 is 0 Å². The maximum atomic E-state index is 12.2. The van der Waals surface area contributed by atoms with Gasteiger partial charge in [0.2, 0.25) is 5.91 Å². The Morgan fingerprint density at radius 3 is 2.68 bits per heavy atom. The number of hydrogen-bond donors (Lipinski definition) is 2. The molecule has 2 aromatic heterocycles. The van der Waals surface area contributed by atoms with Crippen molar-refractivity contribution >= 4 is 69.1 Å². The van der Waals surface area contributed by atoms with E-state index < -0.39 is 0 Å². The van der Waals surface area contributed by atoms with Gasteiger partial charge in [-0.2, -0.15) is 0 Å². The number of amides is 1. The molecule has 2 aromatic carbocycles. The lowest BCUT2D eigenvalue weighted by Crippen LogP contribution is -2.14. The second-order valence-electron chi connectivity index (χ2n) is 5.70. The number of hydrogen-bond acceptors (Lipinski definition) is 5. The fraction of sp³-hybridized carbons (Fsp3) is 0.0556. The highest BCUT2D eigenvalue weighted by atomic mass is 35.5. The number of benzene rings is 2. The maximum absolute atomic E-state index is 12.2. The molecular formula is C18H11Cl3N4O2S.